The molecule has 104 valence electrons. The van der Waals surface area contributed by atoms with Gasteiger partial charge in [0.25, 0.3) is 0 Å². The lowest BCUT2D eigenvalue weighted by atomic mass is 9.92. The lowest BCUT2D eigenvalue weighted by molar-refractivity contribution is 0.834. The van der Waals surface area contributed by atoms with Gasteiger partial charge in [0.2, 0.25) is 0 Å². The lowest BCUT2D eigenvalue weighted by Crippen LogP contribution is -2.20. The van der Waals surface area contributed by atoms with Crippen molar-refractivity contribution in [3.05, 3.63) is 102 Å². The minimum Gasteiger partial charge on any atom is -0.0751 e. The second kappa shape index (κ2) is 6.24. The Bertz CT molecular complexity index is 635. The highest BCUT2D eigenvalue weighted by Gasteiger charge is 2.28. The molecule has 3 aromatic rings. The molecule has 0 bridgehead atoms. The van der Waals surface area contributed by atoms with Crippen LogP contribution in [0.2, 0.25) is 0 Å². The maximum absolute atomic E-state index is 2.35. The van der Waals surface area contributed by atoms with Gasteiger partial charge in [0, 0.05) is 5.16 Å². The Kier molecular flexibility index (Phi) is 4.18. The summed E-state index contributed by atoms with van der Waals surface area (Å²) in [5.74, 6) is 0. The van der Waals surface area contributed by atoms with Crippen molar-refractivity contribution in [2.24, 2.45) is 0 Å². The van der Waals surface area contributed by atoms with Gasteiger partial charge in [-0.05, 0) is 23.4 Å². The number of benzene rings is 3. The third-order valence-corrected chi connectivity index (χ3v) is 5.57. The summed E-state index contributed by atoms with van der Waals surface area (Å²) in [6.07, 6.45) is 0. The van der Waals surface area contributed by atoms with Crippen molar-refractivity contribution in [3.63, 3.8) is 0 Å². The molecule has 1 heteroatoms. The van der Waals surface area contributed by atoms with Crippen LogP contribution in [-0.2, 0) is 5.16 Å². The normalized spacial score (nSPS) is 11.9. The molecule has 0 aliphatic heterocycles. The highest BCUT2D eigenvalue weighted by atomic mass is 31.1. The van der Waals surface area contributed by atoms with Gasteiger partial charge in [-0.3, -0.25) is 0 Å². The predicted octanol–water partition coefficient (Wildman–Crippen LogP) is 4.95. The summed E-state index contributed by atoms with van der Waals surface area (Å²) in [6.45, 7) is 2.35. The first kappa shape index (κ1) is 14.0. The van der Waals surface area contributed by atoms with Gasteiger partial charge in [-0.1, -0.05) is 99.6 Å². The zero-order valence-electron chi connectivity index (χ0n) is 12.2. The first-order valence-electron chi connectivity index (χ1n) is 7.23. The molecule has 0 N–H and O–H groups in total. The fourth-order valence-electron chi connectivity index (χ4n) is 2.66. The SMILES string of the molecule is CC(Pc1ccccc1)(c1ccccc1)c1ccccc1. The van der Waals surface area contributed by atoms with Crippen molar-refractivity contribution < 1.29 is 0 Å². The Morgan fingerprint density at radius 1 is 0.571 bits per heavy atom. The van der Waals surface area contributed by atoms with E-state index < -0.39 is 0 Å². The molecule has 0 aliphatic carbocycles. The standard InChI is InChI=1S/C20H19P/c1-20(17-11-5-2-6-12-17,18-13-7-3-8-14-18)21-19-15-9-4-10-16-19/h2-16,21H,1H3. The molecule has 0 nitrogen and oxygen atoms in total. The van der Waals surface area contributed by atoms with Crippen LogP contribution >= 0.6 is 8.58 Å². The van der Waals surface area contributed by atoms with E-state index in [2.05, 4.69) is 97.9 Å². The molecule has 0 fully saturated rings. The van der Waals surface area contributed by atoms with Gasteiger partial charge in [-0.15, -0.1) is 0 Å². The molecule has 3 rings (SSSR count). The van der Waals surface area contributed by atoms with E-state index in [0.29, 0.717) is 8.58 Å². The molecule has 21 heavy (non-hydrogen) atoms. The minimum atomic E-state index is 0.0177. The van der Waals surface area contributed by atoms with Crippen molar-refractivity contribution >= 4 is 13.9 Å². The smallest absolute Gasteiger partial charge is 0.0386 e. The van der Waals surface area contributed by atoms with Crippen LogP contribution in [0.25, 0.3) is 0 Å². The molecule has 0 saturated carbocycles. The molecular weight excluding hydrogens is 271 g/mol. The average molecular weight is 290 g/mol. The van der Waals surface area contributed by atoms with Crippen molar-refractivity contribution in [2.75, 3.05) is 0 Å². The van der Waals surface area contributed by atoms with E-state index in [-0.39, 0.29) is 5.16 Å². The highest BCUT2D eigenvalue weighted by molar-refractivity contribution is 7.48. The van der Waals surface area contributed by atoms with E-state index in [1.54, 1.807) is 0 Å². The van der Waals surface area contributed by atoms with Gasteiger partial charge in [0.1, 0.15) is 0 Å². The molecule has 0 heterocycles. The number of hydrogen-bond donors (Lipinski definition) is 0. The Hall–Kier alpha value is -1.91. The molecule has 3 aromatic carbocycles. The maximum atomic E-state index is 2.35. The zero-order valence-corrected chi connectivity index (χ0v) is 13.2. The first-order chi connectivity index (χ1) is 10.3. The van der Waals surface area contributed by atoms with Gasteiger partial charge >= 0.3 is 0 Å². The molecule has 1 unspecified atom stereocenters. The molecule has 0 amide bonds. The van der Waals surface area contributed by atoms with Gasteiger partial charge in [0.05, 0.1) is 0 Å². The summed E-state index contributed by atoms with van der Waals surface area (Å²) in [5.41, 5.74) is 2.75. The summed E-state index contributed by atoms with van der Waals surface area (Å²) < 4.78 is 0. The van der Waals surface area contributed by atoms with Crippen LogP contribution in [0.1, 0.15) is 18.1 Å². The third-order valence-electron chi connectivity index (χ3n) is 3.87. The fourth-order valence-corrected chi connectivity index (χ4v) is 4.22. The summed E-state index contributed by atoms with van der Waals surface area (Å²) in [6, 6.07) is 32.4. The van der Waals surface area contributed by atoms with Crippen LogP contribution in [0.5, 0.6) is 0 Å². The van der Waals surface area contributed by atoms with Crippen molar-refractivity contribution in [3.8, 4) is 0 Å². The third kappa shape index (κ3) is 3.06. The van der Waals surface area contributed by atoms with E-state index in [0.717, 1.165) is 0 Å². The topological polar surface area (TPSA) is 0 Å². The molecule has 0 spiro atoms. The summed E-state index contributed by atoms with van der Waals surface area (Å²) in [4.78, 5) is 0. The average Bonchev–Trinajstić information content (AvgIpc) is 2.57. The highest BCUT2D eigenvalue weighted by Crippen LogP contribution is 2.46. The van der Waals surface area contributed by atoms with Crippen LogP contribution in [0.3, 0.4) is 0 Å². The largest absolute Gasteiger partial charge is 0.0751 e. The van der Waals surface area contributed by atoms with E-state index in [4.69, 9.17) is 0 Å². The Morgan fingerprint density at radius 3 is 1.38 bits per heavy atom. The van der Waals surface area contributed by atoms with Crippen LogP contribution < -0.4 is 5.30 Å². The van der Waals surface area contributed by atoms with Crippen LogP contribution in [0, 0.1) is 0 Å². The van der Waals surface area contributed by atoms with Crippen molar-refractivity contribution in [2.45, 2.75) is 12.1 Å². The van der Waals surface area contributed by atoms with E-state index in [1.807, 2.05) is 0 Å². The summed E-state index contributed by atoms with van der Waals surface area (Å²) in [7, 11) is 0.703. The molecule has 0 aliphatic rings. The monoisotopic (exact) mass is 290 g/mol. The molecule has 1 atom stereocenters. The van der Waals surface area contributed by atoms with Crippen molar-refractivity contribution in [1.29, 1.82) is 0 Å². The number of hydrogen-bond acceptors (Lipinski definition) is 0. The predicted molar refractivity (Wildman–Crippen MR) is 93.7 cm³/mol. The second-order valence-corrected chi connectivity index (χ2v) is 7.18. The zero-order chi connectivity index (χ0) is 14.5. The minimum absolute atomic E-state index is 0.0177. The molecular formula is C20H19P. The maximum Gasteiger partial charge on any atom is 0.0386 e. The Labute approximate surface area is 128 Å². The summed E-state index contributed by atoms with van der Waals surface area (Å²) in [5, 5.41) is 1.41. The van der Waals surface area contributed by atoms with Gasteiger partial charge in [0.15, 0.2) is 0 Å². The van der Waals surface area contributed by atoms with Crippen LogP contribution in [0.15, 0.2) is 91.0 Å². The lowest BCUT2D eigenvalue weighted by Gasteiger charge is -2.31. The Morgan fingerprint density at radius 2 is 0.952 bits per heavy atom. The first-order valence-corrected chi connectivity index (χ1v) is 8.23. The second-order valence-electron chi connectivity index (χ2n) is 5.35. The van der Waals surface area contributed by atoms with Crippen molar-refractivity contribution in [1.82, 2.24) is 0 Å². The van der Waals surface area contributed by atoms with Gasteiger partial charge in [-0.2, -0.15) is 0 Å². The quantitative estimate of drug-likeness (QED) is 0.596. The molecule has 0 saturated heterocycles. The van der Waals surface area contributed by atoms with Gasteiger partial charge < -0.3 is 0 Å². The van der Waals surface area contributed by atoms with Crippen LogP contribution in [-0.4, -0.2) is 0 Å². The van der Waals surface area contributed by atoms with E-state index >= 15 is 0 Å². The fraction of sp³-hybridized carbons (Fsp3) is 0.100. The molecule has 0 aromatic heterocycles. The molecule has 0 radical (unpaired) electrons. The Balaban J connectivity index is 2.07. The van der Waals surface area contributed by atoms with Crippen LogP contribution in [0.4, 0.5) is 0 Å². The number of rotatable bonds is 4. The van der Waals surface area contributed by atoms with E-state index in [1.165, 1.54) is 16.4 Å². The van der Waals surface area contributed by atoms with Gasteiger partial charge in [-0.25, -0.2) is 0 Å². The summed E-state index contributed by atoms with van der Waals surface area (Å²) >= 11 is 0. The van der Waals surface area contributed by atoms with E-state index in [9.17, 15) is 0 Å².